The molecule has 0 bridgehead atoms. The Morgan fingerprint density at radius 2 is 1.04 bits per heavy atom. The fourth-order valence-corrected chi connectivity index (χ4v) is 18.8. The summed E-state index contributed by atoms with van der Waals surface area (Å²) >= 11 is 10.3. The van der Waals surface area contributed by atoms with Gasteiger partial charge in [0, 0.05) is 0 Å². The quantitative estimate of drug-likeness (QED) is 0.167. The van der Waals surface area contributed by atoms with Crippen LogP contribution in [0.15, 0.2) is 94.3 Å². The van der Waals surface area contributed by atoms with Crippen molar-refractivity contribution in [3.63, 3.8) is 0 Å². The van der Waals surface area contributed by atoms with Crippen LogP contribution in [-0.4, -0.2) is 3.21 Å². The van der Waals surface area contributed by atoms with Crippen molar-refractivity contribution in [3.05, 3.63) is 127 Å². The number of fused-ring (bicyclic) bond motifs is 3. The third-order valence-electron chi connectivity index (χ3n) is 10.3. The van der Waals surface area contributed by atoms with E-state index in [2.05, 4.69) is 136 Å². The monoisotopic (exact) mass is 848 g/mol. The topological polar surface area (TPSA) is 0 Å². The maximum absolute atomic E-state index is 6.45. The van der Waals surface area contributed by atoms with Crippen LogP contribution in [0.3, 0.4) is 0 Å². The van der Waals surface area contributed by atoms with Gasteiger partial charge in [-0.2, -0.15) is 0 Å². The van der Waals surface area contributed by atoms with Crippen LogP contribution in [0.5, 0.6) is 0 Å². The van der Waals surface area contributed by atoms with Gasteiger partial charge in [0.15, 0.2) is 0 Å². The Hall–Kier alpha value is -1.73. The minimum atomic E-state index is -2.58. The van der Waals surface area contributed by atoms with E-state index in [-0.39, 0.29) is 35.6 Å². The second-order valence-corrected chi connectivity index (χ2v) is 25.1. The summed E-state index contributed by atoms with van der Waals surface area (Å²) in [5, 5.41) is 1.56. The van der Waals surface area contributed by atoms with Crippen molar-refractivity contribution in [1.82, 2.24) is 0 Å². The van der Waals surface area contributed by atoms with Crippen LogP contribution >= 0.6 is 23.2 Å². The van der Waals surface area contributed by atoms with Crippen LogP contribution in [0.4, 0.5) is 0 Å². The van der Waals surface area contributed by atoms with Gasteiger partial charge in [-0.1, -0.05) is 0 Å². The van der Waals surface area contributed by atoms with Crippen molar-refractivity contribution in [2.24, 2.45) is 11.8 Å². The number of hydrogen-bond acceptors (Lipinski definition) is 0. The number of benzene rings is 4. The van der Waals surface area contributed by atoms with Crippen LogP contribution in [0.2, 0.25) is 10.0 Å². The maximum Gasteiger partial charge on any atom is -1.00 e. The van der Waals surface area contributed by atoms with Crippen molar-refractivity contribution in [2.75, 3.05) is 0 Å². The van der Waals surface area contributed by atoms with Crippen molar-refractivity contribution in [1.29, 1.82) is 0 Å². The second kappa shape index (κ2) is 17.0. The van der Waals surface area contributed by atoms with E-state index in [1.807, 2.05) is 27.5 Å². The standard InChI is InChI=1S/C33H31Cl2.C9H18.C5H5.2ClH.Zr/c1-32(2,3)30-18-26-22(16-28(30)20-7-11-24(34)12-8-20)15-23-17-29(21-9-13-25(35)14-10-21)31(19-27(23)26)33(4,5)6;1-8(2)6-5-7-9(3)4;1-2-4-5-3-1;;;/h7-19H,1-6H3;8-9H,6-7H2,1-4H3;1-3H,4H2;2*1H;/q;;;;;+2/p-2. The van der Waals surface area contributed by atoms with Crippen LogP contribution in [0, 0.1) is 11.8 Å². The normalized spacial score (nSPS) is 13.7. The predicted octanol–water partition coefficient (Wildman–Crippen LogP) is 8.73. The van der Waals surface area contributed by atoms with Crippen LogP contribution < -0.4 is 24.8 Å². The van der Waals surface area contributed by atoms with Gasteiger partial charge in [0.05, 0.1) is 0 Å². The van der Waals surface area contributed by atoms with Gasteiger partial charge < -0.3 is 24.8 Å². The molecular formula is C47H54Cl4Zr. The Labute approximate surface area is 344 Å². The molecule has 0 N–H and O–H groups in total. The summed E-state index contributed by atoms with van der Waals surface area (Å²) in [6.07, 6.45) is 10.8. The van der Waals surface area contributed by atoms with Crippen LogP contribution in [0.25, 0.3) is 33.4 Å². The van der Waals surface area contributed by atoms with Crippen molar-refractivity contribution >= 4 is 26.4 Å². The Morgan fingerprint density at radius 3 is 1.37 bits per heavy atom. The summed E-state index contributed by atoms with van der Waals surface area (Å²) in [6, 6.07) is 27.4. The molecule has 0 aliphatic heterocycles. The van der Waals surface area contributed by atoms with E-state index in [9.17, 15) is 0 Å². The molecule has 2 aliphatic carbocycles. The summed E-state index contributed by atoms with van der Waals surface area (Å²) in [5.74, 6) is 1.27. The number of rotatable bonds is 8. The van der Waals surface area contributed by atoms with E-state index in [1.165, 1.54) is 57.3 Å². The Bertz CT molecular complexity index is 1870. The zero-order chi connectivity index (χ0) is 36.1. The largest absolute Gasteiger partial charge is 1.00 e. The number of allylic oxidation sites excluding steroid dienone is 4. The summed E-state index contributed by atoms with van der Waals surface area (Å²) < 4.78 is 4.03. The summed E-state index contributed by atoms with van der Waals surface area (Å²) in [4.78, 5) is 0. The molecule has 0 unspecified atom stereocenters. The second-order valence-electron chi connectivity index (χ2n) is 17.5. The average molecular weight is 852 g/mol. The molecule has 6 rings (SSSR count). The molecule has 0 radical (unpaired) electrons. The zero-order valence-corrected chi connectivity index (χ0v) is 38.0. The van der Waals surface area contributed by atoms with Crippen LogP contribution in [0.1, 0.15) is 114 Å². The summed E-state index contributed by atoms with van der Waals surface area (Å²) in [5.41, 5.74) is 13.9. The molecule has 0 heterocycles. The first-order valence-corrected chi connectivity index (χ1v) is 23.1. The molecule has 4 aromatic carbocycles. The van der Waals surface area contributed by atoms with E-state index in [1.54, 1.807) is 14.4 Å². The third kappa shape index (κ3) is 9.03. The van der Waals surface area contributed by atoms with E-state index >= 15 is 0 Å². The van der Waals surface area contributed by atoms with Gasteiger partial charge in [-0.25, -0.2) is 0 Å². The molecular weight excluding hydrogens is 798 g/mol. The van der Waals surface area contributed by atoms with E-state index in [0.29, 0.717) is 15.5 Å². The van der Waals surface area contributed by atoms with Crippen molar-refractivity contribution < 1.29 is 46.1 Å². The van der Waals surface area contributed by atoms with Gasteiger partial charge in [0.1, 0.15) is 0 Å². The number of halogens is 4. The molecule has 274 valence electrons. The van der Waals surface area contributed by atoms with Gasteiger partial charge in [0.2, 0.25) is 0 Å². The van der Waals surface area contributed by atoms with E-state index in [4.69, 9.17) is 23.2 Å². The smallest absolute Gasteiger partial charge is 1.00 e. The van der Waals surface area contributed by atoms with Crippen molar-refractivity contribution in [2.45, 2.75) is 103 Å². The molecule has 0 nitrogen and oxygen atoms in total. The first-order chi connectivity index (χ1) is 23.5. The van der Waals surface area contributed by atoms with Gasteiger partial charge >= 0.3 is 322 Å². The zero-order valence-electron chi connectivity index (χ0n) is 32.5. The summed E-state index contributed by atoms with van der Waals surface area (Å²) in [7, 11) is 0. The van der Waals surface area contributed by atoms with Gasteiger partial charge in [0.25, 0.3) is 0 Å². The van der Waals surface area contributed by atoms with Crippen molar-refractivity contribution in [3.8, 4) is 33.4 Å². The maximum atomic E-state index is 6.45. The molecule has 0 atom stereocenters. The molecule has 0 fully saturated rings. The minimum Gasteiger partial charge on any atom is -1.00 e. The first-order valence-electron chi connectivity index (χ1n) is 18.5. The molecule has 0 saturated heterocycles. The molecule has 4 aromatic rings. The molecule has 52 heavy (non-hydrogen) atoms. The molecule has 0 spiro atoms. The third-order valence-corrected chi connectivity index (χ3v) is 19.3. The van der Waals surface area contributed by atoms with Crippen LogP contribution in [-0.2, 0) is 32.1 Å². The summed E-state index contributed by atoms with van der Waals surface area (Å²) in [6.45, 7) is 23.8. The molecule has 0 aromatic heterocycles. The minimum absolute atomic E-state index is 0. The van der Waals surface area contributed by atoms with Gasteiger partial charge in [-0.05, 0) is 0 Å². The molecule has 0 amide bonds. The Morgan fingerprint density at radius 1 is 0.635 bits per heavy atom. The van der Waals surface area contributed by atoms with Gasteiger partial charge in [-0.15, -0.1) is 0 Å². The van der Waals surface area contributed by atoms with E-state index < -0.39 is 21.3 Å². The van der Waals surface area contributed by atoms with E-state index in [0.717, 1.165) is 16.5 Å². The fourth-order valence-electron chi connectivity index (χ4n) is 8.19. The first kappa shape index (κ1) is 43.0. The molecule has 0 saturated carbocycles. The average Bonchev–Trinajstić information content (AvgIpc) is 3.66. The van der Waals surface area contributed by atoms with Gasteiger partial charge in [-0.3, -0.25) is 0 Å². The molecule has 5 heteroatoms. The number of hydrogen-bond donors (Lipinski definition) is 0. The predicted molar refractivity (Wildman–Crippen MR) is 218 cm³/mol. The SMILES string of the molecule is CC(C)C[C](CC(C)C)=[Zr+2]([C]1=CC=CC1)[CH]1c2cc(-c3ccc(Cl)cc3)c(C(C)(C)C)cc2-c2cc(C(C)(C)C)c(-c3ccc(Cl)cc3)cc21.[Cl-].[Cl-]. The fraction of sp³-hybridized carbons (Fsp3) is 0.383. The molecule has 2 aliphatic rings. The Balaban J connectivity index is 0.00000302. The Kier molecular flexibility index (Phi) is 14.0.